The minimum absolute atomic E-state index is 0.210. The van der Waals surface area contributed by atoms with Crippen LogP contribution in [0.2, 0.25) is 0 Å². The third-order valence-corrected chi connectivity index (χ3v) is 9.08. The van der Waals surface area contributed by atoms with Crippen molar-refractivity contribution in [2.75, 3.05) is 5.32 Å². The maximum absolute atomic E-state index is 13.8. The Morgan fingerprint density at radius 2 is 1.05 bits per heavy atom. The van der Waals surface area contributed by atoms with Gasteiger partial charge in [0, 0.05) is 18.8 Å². The van der Waals surface area contributed by atoms with Crippen LogP contribution < -0.4 is 5.32 Å². The molecule has 0 aromatic heterocycles. The van der Waals surface area contributed by atoms with Gasteiger partial charge in [-0.25, -0.2) is 13.2 Å². The van der Waals surface area contributed by atoms with Gasteiger partial charge in [-0.1, -0.05) is 121 Å². The van der Waals surface area contributed by atoms with Gasteiger partial charge in [0.15, 0.2) is 9.84 Å². The van der Waals surface area contributed by atoms with E-state index in [9.17, 15) is 13.2 Å². The normalized spacial score (nSPS) is 11.9. The summed E-state index contributed by atoms with van der Waals surface area (Å²) in [6.07, 6.45) is 0.358. The van der Waals surface area contributed by atoms with E-state index in [1.165, 1.54) is 0 Å². The molecular weight excluding hydrogens is 528 g/mol. The molecule has 0 spiro atoms. The predicted octanol–water partition coefficient (Wildman–Crippen LogP) is 7.68. The number of nitrogens with one attached hydrogen (secondary N) is 1. The van der Waals surface area contributed by atoms with Crippen LogP contribution in [0.3, 0.4) is 0 Å². The largest absolute Gasteiger partial charge is 0.322 e. The van der Waals surface area contributed by atoms with Crippen LogP contribution >= 0.6 is 0 Å². The van der Waals surface area contributed by atoms with E-state index >= 15 is 0 Å². The van der Waals surface area contributed by atoms with E-state index in [1.54, 1.807) is 29.2 Å². The first-order valence-corrected chi connectivity index (χ1v) is 15.1. The summed E-state index contributed by atoms with van der Waals surface area (Å²) < 4.78 is 27.6. The average Bonchev–Trinajstić information content (AvgIpc) is 3.02. The van der Waals surface area contributed by atoms with Crippen LogP contribution in [0.5, 0.6) is 0 Å². The molecule has 6 heteroatoms. The molecule has 0 saturated heterocycles. The van der Waals surface area contributed by atoms with Crippen molar-refractivity contribution in [1.82, 2.24) is 4.90 Å². The Balaban J connectivity index is 1.41. The summed E-state index contributed by atoms with van der Waals surface area (Å²) in [4.78, 5) is 15.4. The van der Waals surface area contributed by atoms with Crippen molar-refractivity contribution >= 4 is 21.6 Å². The molecule has 1 unspecified atom stereocenters. The van der Waals surface area contributed by atoms with Gasteiger partial charge in [0.1, 0.15) is 0 Å². The molecular formula is C35H32N2O3S. The Morgan fingerprint density at radius 3 is 1.61 bits per heavy atom. The number of carbonyl (C=O) groups excluding carboxylic acids is 1. The lowest BCUT2D eigenvalue weighted by Gasteiger charge is -2.24. The minimum Gasteiger partial charge on any atom is -0.316 e. The molecule has 1 atom stereocenters. The smallest absolute Gasteiger partial charge is 0.316 e. The standard InChI is InChI=1S/C35H32N2O3S/c38-35(36-32-17-9-3-10-18-32)37(26-29-15-7-2-8-16-29)27-30-21-23-31(24-22-30)34(25-28-13-5-1-6-14-28)41(39,40)33-19-11-4-12-20-33/h1-24,34H,25-27H2,(H,36,38). The van der Waals surface area contributed by atoms with Crippen molar-refractivity contribution in [3.63, 3.8) is 0 Å². The number of carbonyl (C=O) groups is 1. The van der Waals surface area contributed by atoms with Crippen molar-refractivity contribution in [3.8, 4) is 0 Å². The second-order valence-electron chi connectivity index (χ2n) is 9.92. The maximum atomic E-state index is 13.8. The fraction of sp³-hybridized carbons (Fsp3) is 0.114. The Kier molecular flexibility index (Phi) is 8.92. The minimum atomic E-state index is -3.65. The van der Waals surface area contributed by atoms with Gasteiger partial charge in [-0.2, -0.15) is 0 Å². The SMILES string of the molecule is O=C(Nc1ccccc1)N(Cc1ccccc1)Cc1ccc(C(Cc2ccccc2)S(=O)(=O)c2ccccc2)cc1. The second-order valence-corrected chi connectivity index (χ2v) is 12.0. The molecule has 2 amide bonds. The second kappa shape index (κ2) is 13.1. The van der Waals surface area contributed by atoms with Gasteiger partial charge in [0.25, 0.3) is 0 Å². The first kappa shape index (κ1) is 27.9. The summed E-state index contributed by atoms with van der Waals surface area (Å²) in [5.74, 6) is 0. The van der Waals surface area contributed by atoms with Crippen molar-refractivity contribution in [3.05, 3.63) is 168 Å². The molecule has 5 nitrogen and oxygen atoms in total. The highest BCUT2D eigenvalue weighted by Gasteiger charge is 2.29. The molecule has 1 N–H and O–H groups in total. The molecule has 0 bridgehead atoms. The van der Waals surface area contributed by atoms with Crippen molar-refractivity contribution < 1.29 is 13.2 Å². The van der Waals surface area contributed by atoms with Crippen molar-refractivity contribution in [2.45, 2.75) is 29.7 Å². The fourth-order valence-electron chi connectivity index (χ4n) is 4.79. The molecule has 0 aliphatic carbocycles. The molecule has 0 aliphatic heterocycles. The van der Waals surface area contributed by atoms with E-state index in [1.807, 2.05) is 121 Å². The van der Waals surface area contributed by atoms with E-state index in [-0.39, 0.29) is 6.03 Å². The first-order valence-electron chi connectivity index (χ1n) is 13.6. The number of nitrogens with zero attached hydrogens (tertiary/aromatic N) is 1. The van der Waals surface area contributed by atoms with Crippen LogP contribution in [0.25, 0.3) is 0 Å². The molecule has 5 aromatic carbocycles. The fourth-order valence-corrected chi connectivity index (χ4v) is 6.59. The van der Waals surface area contributed by atoms with E-state index < -0.39 is 15.1 Å². The van der Waals surface area contributed by atoms with Crippen LogP contribution in [-0.4, -0.2) is 19.3 Å². The summed E-state index contributed by atoms with van der Waals surface area (Å²) in [7, 11) is -3.65. The van der Waals surface area contributed by atoms with Crippen LogP contribution in [-0.2, 0) is 29.3 Å². The Bertz CT molecular complexity index is 1640. The highest BCUT2D eigenvalue weighted by Crippen LogP contribution is 2.32. The lowest BCUT2D eigenvalue weighted by Crippen LogP contribution is -2.34. The lowest BCUT2D eigenvalue weighted by molar-refractivity contribution is 0.206. The third-order valence-electron chi connectivity index (χ3n) is 6.96. The number of anilines is 1. The molecule has 0 radical (unpaired) electrons. The predicted molar refractivity (Wildman–Crippen MR) is 164 cm³/mol. The zero-order valence-electron chi connectivity index (χ0n) is 22.6. The van der Waals surface area contributed by atoms with E-state index in [4.69, 9.17) is 0 Å². The molecule has 5 aromatic rings. The van der Waals surface area contributed by atoms with Gasteiger partial charge in [-0.05, 0) is 52.9 Å². The van der Waals surface area contributed by atoms with Gasteiger partial charge in [0.05, 0.1) is 10.1 Å². The van der Waals surface area contributed by atoms with E-state index in [0.717, 1.165) is 22.4 Å². The summed E-state index contributed by atoms with van der Waals surface area (Å²) in [5.41, 5.74) is 4.31. The number of amides is 2. The van der Waals surface area contributed by atoms with Crippen LogP contribution in [0, 0.1) is 0 Å². The number of sulfone groups is 1. The van der Waals surface area contributed by atoms with Crippen molar-refractivity contribution in [1.29, 1.82) is 0 Å². The van der Waals surface area contributed by atoms with Crippen LogP contribution in [0.4, 0.5) is 10.5 Å². The molecule has 5 rings (SSSR count). The molecule has 206 valence electrons. The lowest BCUT2D eigenvalue weighted by atomic mass is 10.0. The Hall–Kier alpha value is -4.68. The summed E-state index contributed by atoms with van der Waals surface area (Å²) >= 11 is 0. The van der Waals surface area contributed by atoms with Crippen LogP contribution in [0.15, 0.2) is 150 Å². The van der Waals surface area contributed by atoms with E-state index in [0.29, 0.717) is 30.0 Å². The van der Waals surface area contributed by atoms with Crippen LogP contribution in [0.1, 0.15) is 27.5 Å². The molecule has 0 saturated carbocycles. The number of urea groups is 1. The summed E-state index contributed by atoms with van der Waals surface area (Å²) in [5, 5.41) is 2.24. The number of para-hydroxylation sites is 1. The van der Waals surface area contributed by atoms with Gasteiger partial charge < -0.3 is 10.2 Å². The number of hydrogen-bond acceptors (Lipinski definition) is 3. The first-order chi connectivity index (χ1) is 20.0. The zero-order valence-corrected chi connectivity index (χ0v) is 23.5. The summed E-state index contributed by atoms with van der Waals surface area (Å²) in [6, 6.07) is 44.9. The monoisotopic (exact) mass is 560 g/mol. The number of benzene rings is 5. The van der Waals surface area contributed by atoms with Gasteiger partial charge >= 0.3 is 6.03 Å². The maximum Gasteiger partial charge on any atom is 0.322 e. The molecule has 0 heterocycles. The molecule has 0 fully saturated rings. The zero-order chi connectivity index (χ0) is 28.5. The topological polar surface area (TPSA) is 66.5 Å². The highest BCUT2D eigenvalue weighted by molar-refractivity contribution is 7.91. The van der Waals surface area contributed by atoms with Crippen molar-refractivity contribution in [2.24, 2.45) is 0 Å². The van der Waals surface area contributed by atoms with E-state index in [2.05, 4.69) is 5.32 Å². The Morgan fingerprint density at radius 1 is 0.585 bits per heavy atom. The number of hydrogen-bond donors (Lipinski definition) is 1. The third kappa shape index (κ3) is 7.29. The molecule has 0 aliphatic rings. The summed E-state index contributed by atoms with van der Waals surface area (Å²) in [6.45, 7) is 0.795. The highest BCUT2D eigenvalue weighted by atomic mass is 32.2. The quantitative estimate of drug-likeness (QED) is 0.191. The van der Waals surface area contributed by atoms with Gasteiger partial charge in [-0.15, -0.1) is 0 Å². The molecule has 41 heavy (non-hydrogen) atoms. The van der Waals surface area contributed by atoms with Gasteiger partial charge in [-0.3, -0.25) is 0 Å². The number of rotatable bonds is 10. The average molecular weight is 561 g/mol. The van der Waals surface area contributed by atoms with Gasteiger partial charge in [0.2, 0.25) is 0 Å². The Labute approximate surface area is 242 Å².